The Morgan fingerprint density at radius 2 is 2.07 bits per heavy atom. The van der Waals surface area contributed by atoms with Gasteiger partial charge in [0.25, 0.3) is 0 Å². The van der Waals surface area contributed by atoms with Gasteiger partial charge in [0.2, 0.25) is 5.91 Å². The van der Waals surface area contributed by atoms with E-state index < -0.39 is 0 Å². The van der Waals surface area contributed by atoms with Gasteiger partial charge in [0.1, 0.15) is 5.75 Å². The van der Waals surface area contributed by atoms with Crippen molar-refractivity contribution in [2.45, 2.75) is 64.2 Å². The summed E-state index contributed by atoms with van der Waals surface area (Å²) in [6.45, 7) is 2.49. The predicted molar refractivity (Wildman–Crippen MR) is 109 cm³/mol. The van der Waals surface area contributed by atoms with Gasteiger partial charge in [-0.05, 0) is 91.4 Å². The van der Waals surface area contributed by atoms with Crippen molar-refractivity contribution in [1.82, 2.24) is 4.90 Å². The summed E-state index contributed by atoms with van der Waals surface area (Å²) in [5.74, 6) is 2.85. The van der Waals surface area contributed by atoms with E-state index in [2.05, 4.69) is 19.1 Å². The summed E-state index contributed by atoms with van der Waals surface area (Å²) in [7, 11) is 3.68. The quantitative estimate of drug-likeness (QED) is 0.760. The van der Waals surface area contributed by atoms with Crippen LogP contribution in [0.2, 0.25) is 0 Å². The number of allylic oxidation sites excluding steroid dienone is 2. The topological polar surface area (TPSA) is 40.5 Å². The Labute approximate surface area is 163 Å². The van der Waals surface area contributed by atoms with Crippen LogP contribution in [0.15, 0.2) is 29.8 Å². The molecule has 4 atom stereocenters. The van der Waals surface area contributed by atoms with Crippen LogP contribution in [0.1, 0.15) is 68.9 Å². The first-order valence-electron chi connectivity index (χ1n) is 10.6. The number of rotatable bonds is 3. The van der Waals surface area contributed by atoms with E-state index in [-0.39, 0.29) is 5.91 Å². The zero-order chi connectivity index (χ0) is 19.2. The van der Waals surface area contributed by atoms with E-state index >= 15 is 0 Å². The summed E-state index contributed by atoms with van der Waals surface area (Å²) in [4.78, 5) is 13.6. The van der Waals surface area contributed by atoms with Gasteiger partial charge >= 0.3 is 0 Å². The van der Waals surface area contributed by atoms with E-state index in [4.69, 9.17) is 0 Å². The molecule has 1 amide bonds. The lowest BCUT2D eigenvalue weighted by atomic mass is 9.55. The number of nitrogens with zero attached hydrogens (tertiary/aromatic N) is 1. The van der Waals surface area contributed by atoms with Gasteiger partial charge in [-0.1, -0.05) is 24.6 Å². The van der Waals surface area contributed by atoms with Gasteiger partial charge in [0, 0.05) is 20.5 Å². The van der Waals surface area contributed by atoms with Crippen molar-refractivity contribution in [1.29, 1.82) is 0 Å². The number of benzene rings is 1. The molecule has 146 valence electrons. The molecule has 0 aliphatic heterocycles. The fourth-order valence-corrected chi connectivity index (χ4v) is 6.35. The van der Waals surface area contributed by atoms with E-state index in [0.29, 0.717) is 23.5 Å². The summed E-state index contributed by atoms with van der Waals surface area (Å²) < 4.78 is 0. The first-order chi connectivity index (χ1) is 12.9. The molecular weight excluding hydrogens is 334 g/mol. The minimum atomic E-state index is 0.224. The molecule has 4 rings (SSSR count). The molecule has 1 aromatic carbocycles. The zero-order valence-electron chi connectivity index (χ0n) is 17.0. The van der Waals surface area contributed by atoms with Crippen LogP contribution in [0.3, 0.4) is 0 Å². The molecule has 3 heteroatoms. The van der Waals surface area contributed by atoms with Gasteiger partial charge in [0.15, 0.2) is 0 Å². The van der Waals surface area contributed by atoms with E-state index in [1.807, 2.05) is 26.2 Å². The maximum atomic E-state index is 11.9. The lowest BCUT2D eigenvalue weighted by molar-refractivity contribution is -0.128. The normalized spacial score (nSPS) is 33.3. The van der Waals surface area contributed by atoms with Gasteiger partial charge in [0.05, 0.1) is 0 Å². The molecule has 0 aromatic heterocycles. The molecule has 1 N–H and O–H groups in total. The van der Waals surface area contributed by atoms with Crippen LogP contribution in [0.25, 0.3) is 0 Å². The van der Waals surface area contributed by atoms with Crippen molar-refractivity contribution in [2.75, 3.05) is 14.1 Å². The van der Waals surface area contributed by atoms with Gasteiger partial charge in [-0.3, -0.25) is 4.79 Å². The number of hydrogen-bond donors (Lipinski definition) is 1. The predicted octanol–water partition coefficient (Wildman–Crippen LogP) is 5.04. The number of phenolic OH excluding ortho intramolecular Hbond substituents is 1. The number of carbonyl (C=O) groups excluding carboxylic acids is 1. The third kappa shape index (κ3) is 3.19. The fraction of sp³-hybridized carbons (Fsp3) is 0.625. The number of aryl methyl sites for hydroxylation is 1. The molecule has 0 radical (unpaired) electrons. The van der Waals surface area contributed by atoms with Crippen LogP contribution < -0.4 is 0 Å². The number of phenols is 1. The lowest BCUT2D eigenvalue weighted by Gasteiger charge is -2.49. The van der Waals surface area contributed by atoms with E-state index in [1.165, 1.54) is 43.2 Å². The van der Waals surface area contributed by atoms with E-state index in [0.717, 1.165) is 24.7 Å². The second-order valence-corrected chi connectivity index (χ2v) is 9.35. The molecule has 1 aromatic rings. The van der Waals surface area contributed by atoms with Crippen LogP contribution >= 0.6 is 0 Å². The van der Waals surface area contributed by atoms with Crippen LogP contribution in [-0.2, 0) is 11.2 Å². The lowest BCUT2D eigenvalue weighted by Crippen LogP contribution is -2.40. The third-order valence-electron chi connectivity index (χ3n) is 7.81. The number of fused-ring (bicyclic) bond motifs is 5. The molecule has 4 unspecified atom stereocenters. The Bertz CT molecular complexity index is 766. The Morgan fingerprint density at radius 3 is 2.85 bits per heavy atom. The molecule has 27 heavy (non-hydrogen) atoms. The van der Waals surface area contributed by atoms with Crippen molar-refractivity contribution in [3.8, 4) is 5.75 Å². The standard InChI is InChI=1S/C24H33NO2/c1-24-14-13-20-19-11-9-18(26)15-16(19)7-10-21(20)22(24)12-8-17(24)5-4-6-23(27)25(2)3/h5,9,11,15,20-22,26H,4,6-8,10,12-14H2,1-3H3. The Morgan fingerprint density at radius 1 is 1.26 bits per heavy atom. The molecule has 0 heterocycles. The first-order valence-corrected chi connectivity index (χ1v) is 10.6. The molecule has 3 aliphatic rings. The molecule has 3 nitrogen and oxygen atoms in total. The summed E-state index contributed by atoms with van der Waals surface area (Å²) in [5.41, 5.74) is 4.82. The number of aromatic hydroxyl groups is 1. The Hall–Kier alpha value is -1.77. The molecule has 0 bridgehead atoms. The smallest absolute Gasteiger partial charge is 0.222 e. The van der Waals surface area contributed by atoms with Gasteiger partial charge in [-0.2, -0.15) is 0 Å². The van der Waals surface area contributed by atoms with Crippen molar-refractivity contribution < 1.29 is 9.90 Å². The molecule has 2 fully saturated rings. The van der Waals surface area contributed by atoms with Crippen LogP contribution in [0.5, 0.6) is 5.75 Å². The second kappa shape index (κ2) is 7.00. The summed E-state index contributed by atoms with van der Waals surface area (Å²) >= 11 is 0. The largest absolute Gasteiger partial charge is 0.508 e. The van der Waals surface area contributed by atoms with Crippen molar-refractivity contribution in [3.63, 3.8) is 0 Å². The highest BCUT2D eigenvalue weighted by molar-refractivity contribution is 5.75. The second-order valence-electron chi connectivity index (χ2n) is 9.35. The highest BCUT2D eigenvalue weighted by atomic mass is 16.3. The molecular formula is C24H33NO2. The van der Waals surface area contributed by atoms with Crippen LogP contribution in [0, 0.1) is 17.3 Å². The SMILES string of the molecule is CN(C)C(=O)CCC=C1CCC2C3CCc4cc(O)ccc4C3CCC12C. The van der Waals surface area contributed by atoms with Gasteiger partial charge in [-0.15, -0.1) is 0 Å². The summed E-state index contributed by atoms with van der Waals surface area (Å²) in [6.07, 6.45) is 11.3. The molecule has 0 saturated heterocycles. The van der Waals surface area contributed by atoms with Gasteiger partial charge in [-0.25, -0.2) is 0 Å². The molecule has 3 aliphatic carbocycles. The number of carbonyl (C=O) groups is 1. The maximum absolute atomic E-state index is 11.9. The Kier molecular flexibility index (Phi) is 4.82. The highest BCUT2D eigenvalue weighted by Gasteiger charge is 2.52. The molecule has 0 spiro atoms. The van der Waals surface area contributed by atoms with Crippen LogP contribution in [0.4, 0.5) is 0 Å². The highest BCUT2D eigenvalue weighted by Crippen LogP contribution is 2.62. The maximum Gasteiger partial charge on any atom is 0.222 e. The molecule has 2 saturated carbocycles. The zero-order valence-corrected chi connectivity index (χ0v) is 17.0. The van der Waals surface area contributed by atoms with Crippen molar-refractivity contribution in [3.05, 3.63) is 41.0 Å². The van der Waals surface area contributed by atoms with Crippen molar-refractivity contribution in [2.24, 2.45) is 17.3 Å². The first kappa shape index (κ1) is 18.6. The van der Waals surface area contributed by atoms with Crippen LogP contribution in [-0.4, -0.2) is 30.0 Å². The monoisotopic (exact) mass is 367 g/mol. The van der Waals surface area contributed by atoms with E-state index in [9.17, 15) is 9.90 Å². The Balaban J connectivity index is 1.52. The summed E-state index contributed by atoms with van der Waals surface area (Å²) in [5, 5.41) is 9.83. The minimum Gasteiger partial charge on any atom is -0.508 e. The van der Waals surface area contributed by atoms with Gasteiger partial charge < -0.3 is 10.0 Å². The number of amides is 1. The van der Waals surface area contributed by atoms with E-state index in [1.54, 1.807) is 10.5 Å². The number of hydrogen-bond acceptors (Lipinski definition) is 2. The average molecular weight is 368 g/mol. The average Bonchev–Trinajstić information content (AvgIpc) is 2.97. The summed E-state index contributed by atoms with van der Waals surface area (Å²) in [6, 6.07) is 6.04. The minimum absolute atomic E-state index is 0.224. The fourth-order valence-electron chi connectivity index (χ4n) is 6.35. The van der Waals surface area contributed by atoms with Crippen molar-refractivity contribution >= 4 is 5.91 Å². The third-order valence-corrected chi connectivity index (χ3v) is 7.81.